The highest BCUT2D eigenvalue weighted by atomic mass is 16.4. The van der Waals surface area contributed by atoms with Crippen molar-refractivity contribution >= 4 is 12.0 Å². The summed E-state index contributed by atoms with van der Waals surface area (Å²) in [5.41, 5.74) is -0.0147. The van der Waals surface area contributed by atoms with Crippen molar-refractivity contribution in [3.8, 4) is 0 Å². The molecule has 0 bridgehead atoms. The van der Waals surface area contributed by atoms with Crippen molar-refractivity contribution in [2.24, 2.45) is 0 Å². The number of hydrogen-bond acceptors (Lipinski definition) is 4. The van der Waals surface area contributed by atoms with Crippen molar-refractivity contribution in [3.05, 3.63) is 12.0 Å². The number of oxazole rings is 1. The average Bonchev–Trinajstić information content (AvgIpc) is 2.68. The zero-order valence-corrected chi connectivity index (χ0v) is 10.1. The zero-order chi connectivity index (χ0) is 12.3. The molecule has 5 nitrogen and oxygen atoms in total. The maximum atomic E-state index is 10.8. The smallest absolute Gasteiger partial charge is 0.357 e. The first-order valence-corrected chi connectivity index (χ1v) is 6.18. The molecule has 1 N–H and O–H groups in total. The van der Waals surface area contributed by atoms with E-state index in [1.165, 1.54) is 19.1 Å². The summed E-state index contributed by atoms with van der Waals surface area (Å²) in [6.07, 6.45) is 6.93. The summed E-state index contributed by atoms with van der Waals surface area (Å²) in [6, 6.07) is 0.869. The molecule has 0 saturated carbocycles. The summed E-state index contributed by atoms with van der Waals surface area (Å²) in [6.45, 7) is 3.04. The Morgan fingerprint density at radius 3 is 3.06 bits per heavy atom. The summed E-state index contributed by atoms with van der Waals surface area (Å²) in [5.74, 6) is -1.04. The van der Waals surface area contributed by atoms with E-state index < -0.39 is 5.97 Å². The van der Waals surface area contributed by atoms with Gasteiger partial charge in [-0.1, -0.05) is 19.8 Å². The molecular weight excluding hydrogens is 220 g/mol. The molecule has 1 aromatic heterocycles. The van der Waals surface area contributed by atoms with Crippen LogP contribution in [0.5, 0.6) is 0 Å². The van der Waals surface area contributed by atoms with Crippen LogP contribution in [0.4, 0.5) is 6.01 Å². The topological polar surface area (TPSA) is 66.6 Å². The number of aromatic carboxylic acids is 1. The fourth-order valence-corrected chi connectivity index (χ4v) is 2.35. The fourth-order valence-electron chi connectivity index (χ4n) is 2.35. The largest absolute Gasteiger partial charge is 0.476 e. The molecule has 1 aliphatic heterocycles. The fraction of sp³-hybridized carbons (Fsp3) is 0.667. The van der Waals surface area contributed by atoms with Crippen molar-refractivity contribution in [2.45, 2.75) is 45.1 Å². The van der Waals surface area contributed by atoms with Crippen molar-refractivity contribution in [2.75, 3.05) is 11.4 Å². The lowest BCUT2D eigenvalue weighted by molar-refractivity contribution is 0.0690. The summed E-state index contributed by atoms with van der Waals surface area (Å²) in [5, 5.41) is 8.83. The number of aromatic nitrogens is 1. The Bertz CT molecular complexity index is 389. The summed E-state index contributed by atoms with van der Waals surface area (Å²) >= 11 is 0. The molecule has 1 aromatic rings. The predicted molar refractivity (Wildman–Crippen MR) is 63.4 cm³/mol. The van der Waals surface area contributed by atoms with Gasteiger partial charge in [-0.15, -0.1) is 0 Å². The van der Waals surface area contributed by atoms with E-state index in [2.05, 4.69) is 16.8 Å². The van der Waals surface area contributed by atoms with E-state index >= 15 is 0 Å². The average molecular weight is 238 g/mol. The Kier molecular flexibility index (Phi) is 3.66. The van der Waals surface area contributed by atoms with E-state index in [1.807, 2.05) is 0 Å². The number of nitrogens with zero attached hydrogens (tertiary/aromatic N) is 2. The van der Waals surface area contributed by atoms with Gasteiger partial charge in [0.2, 0.25) is 0 Å². The van der Waals surface area contributed by atoms with E-state index in [1.54, 1.807) is 0 Å². The van der Waals surface area contributed by atoms with E-state index in [0.717, 1.165) is 25.8 Å². The lowest BCUT2D eigenvalue weighted by atomic mass is 10.1. The minimum atomic E-state index is -1.04. The van der Waals surface area contributed by atoms with Gasteiger partial charge in [-0.2, -0.15) is 4.98 Å². The van der Waals surface area contributed by atoms with Crippen LogP contribution in [0, 0.1) is 0 Å². The zero-order valence-electron chi connectivity index (χ0n) is 10.1. The molecule has 0 aromatic carbocycles. The van der Waals surface area contributed by atoms with Gasteiger partial charge in [0, 0.05) is 12.6 Å². The Morgan fingerprint density at radius 1 is 1.59 bits per heavy atom. The molecule has 0 aliphatic carbocycles. The number of carboxylic acid groups (broad SMARTS) is 1. The normalized spacial score (nSPS) is 21.2. The molecule has 1 atom stereocenters. The number of carbonyl (C=O) groups is 1. The number of carboxylic acids is 1. The van der Waals surface area contributed by atoms with Gasteiger partial charge >= 0.3 is 5.97 Å². The first kappa shape index (κ1) is 12.0. The third kappa shape index (κ3) is 2.60. The van der Waals surface area contributed by atoms with Crippen LogP contribution in [-0.4, -0.2) is 28.6 Å². The summed E-state index contributed by atoms with van der Waals surface area (Å²) in [4.78, 5) is 16.9. The van der Waals surface area contributed by atoms with Crippen molar-refractivity contribution in [3.63, 3.8) is 0 Å². The molecule has 0 amide bonds. The second-order valence-electron chi connectivity index (χ2n) is 4.43. The lowest BCUT2D eigenvalue weighted by Gasteiger charge is -2.27. The van der Waals surface area contributed by atoms with Crippen molar-refractivity contribution < 1.29 is 14.3 Å². The van der Waals surface area contributed by atoms with Crippen LogP contribution in [-0.2, 0) is 0 Å². The third-order valence-electron chi connectivity index (χ3n) is 3.31. The monoisotopic (exact) mass is 238 g/mol. The Hall–Kier alpha value is -1.52. The molecule has 2 rings (SSSR count). The summed E-state index contributed by atoms with van der Waals surface area (Å²) < 4.78 is 5.29. The van der Waals surface area contributed by atoms with Gasteiger partial charge in [0.25, 0.3) is 6.01 Å². The van der Waals surface area contributed by atoms with Gasteiger partial charge in [0.05, 0.1) is 0 Å². The number of rotatable bonds is 3. The first-order chi connectivity index (χ1) is 8.22. The minimum Gasteiger partial charge on any atom is -0.476 e. The van der Waals surface area contributed by atoms with Crippen molar-refractivity contribution in [1.29, 1.82) is 0 Å². The lowest BCUT2D eigenvalue weighted by Crippen LogP contribution is -2.34. The number of hydrogen-bond donors (Lipinski definition) is 1. The van der Waals surface area contributed by atoms with Crippen LogP contribution in [0.2, 0.25) is 0 Å². The van der Waals surface area contributed by atoms with Crippen LogP contribution in [0.1, 0.15) is 49.5 Å². The van der Waals surface area contributed by atoms with E-state index in [0.29, 0.717) is 12.1 Å². The molecule has 1 unspecified atom stereocenters. The Labute approximate surface area is 100 Å². The molecule has 94 valence electrons. The molecule has 5 heteroatoms. The van der Waals surface area contributed by atoms with Gasteiger partial charge in [-0.3, -0.25) is 0 Å². The van der Waals surface area contributed by atoms with Gasteiger partial charge in [-0.25, -0.2) is 4.79 Å². The molecule has 1 fully saturated rings. The van der Waals surface area contributed by atoms with E-state index in [4.69, 9.17) is 9.52 Å². The maximum Gasteiger partial charge on any atom is 0.357 e. The molecule has 0 spiro atoms. The molecule has 17 heavy (non-hydrogen) atoms. The standard InChI is InChI=1S/C12H18N2O3/c1-2-9-6-4-3-5-7-14(9)12-13-10(8-17-12)11(15)16/h8-9H,2-7H2,1H3,(H,15,16). The molecular formula is C12H18N2O3. The van der Waals surface area contributed by atoms with Crippen molar-refractivity contribution in [1.82, 2.24) is 4.98 Å². The molecule has 1 saturated heterocycles. The van der Waals surface area contributed by atoms with Crippen LogP contribution in [0.3, 0.4) is 0 Å². The Morgan fingerprint density at radius 2 is 2.41 bits per heavy atom. The second-order valence-corrected chi connectivity index (χ2v) is 4.43. The van der Waals surface area contributed by atoms with E-state index in [9.17, 15) is 4.79 Å². The van der Waals surface area contributed by atoms with Gasteiger partial charge in [0.15, 0.2) is 5.69 Å². The maximum absolute atomic E-state index is 10.8. The number of anilines is 1. The molecule has 0 radical (unpaired) electrons. The Balaban J connectivity index is 2.19. The van der Waals surface area contributed by atoms with Gasteiger partial charge in [-0.05, 0) is 19.3 Å². The third-order valence-corrected chi connectivity index (χ3v) is 3.31. The summed E-state index contributed by atoms with van der Waals surface area (Å²) in [7, 11) is 0. The van der Waals surface area contributed by atoms with Crippen LogP contribution >= 0.6 is 0 Å². The molecule has 1 aliphatic rings. The predicted octanol–water partition coefficient (Wildman–Crippen LogP) is 2.53. The van der Waals surface area contributed by atoms with Crippen LogP contribution in [0.15, 0.2) is 10.7 Å². The minimum absolute atomic E-state index is 0.0147. The highest BCUT2D eigenvalue weighted by molar-refractivity contribution is 5.85. The SMILES string of the molecule is CCC1CCCCCN1c1nc(C(=O)O)co1. The first-order valence-electron chi connectivity index (χ1n) is 6.18. The highest BCUT2D eigenvalue weighted by Gasteiger charge is 2.24. The quantitative estimate of drug-likeness (QED) is 0.876. The highest BCUT2D eigenvalue weighted by Crippen LogP contribution is 2.25. The molecule has 2 heterocycles. The second kappa shape index (κ2) is 5.21. The van der Waals surface area contributed by atoms with E-state index in [-0.39, 0.29) is 5.69 Å². The van der Waals surface area contributed by atoms with Crippen LogP contribution < -0.4 is 4.90 Å². The van der Waals surface area contributed by atoms with Crippen LogP contribution in [0.25, 0.3) is 0 Å². The van der Waals surface area contributed by atoms with Gasteiger partial charge < -0.3 is 14.4 Å². The van der Waals surface area contributed by atoms with Gasteiger partial charge in [0.1, 0.15) is 6.26 Å².